The molecule has 1 saturated heterocycles. The fourth-order valence-electron chi connectivity index (χ4n) is 3.81. The maximum atomic E-state index is 12.7. The number of hydrogen-bond donors (Lipinski definition) is 2. The maximum absolute atomic E-state index is 12.7. The molecule has 3 unspecified atom stereocenters. The minimum absolute atomic E-state index is 0.0197. The molecule has 0 spiro atoms. The van der Waals surface area contributed by atoms with Gasteiger partial charge in [-0.2, -0.15) is 0 Å². The number of nitrogens with two attached hydrogens (primary N) is 1. The van der Waals surface area contributed by atoms with Crippen molar-refractivity contribution in [1.82, 2.24) is 10.2 Å². The molecule has 1 aliphatic heterocycles. The van der Waals surface area contributed by atoms with Crippen molar-refractivity contribution >= 4 is 11.8 Å². The molecule has 0 aromatic heterocycles. The number of carbonyl (C=O) groups is 2. The Morgan fingerprint density at radius 2 is 1.82 bits per heavy atom. The number of likely N-dealkylation sites (tertiary alicyclic amines) is 1. The first-order valence-electron chi connectivity index (χ1n) is 8.95. The molecule has 5 heteroatoms. The van der Waals surface area contributed by atoms with Gasteiger partial charge < -0.3 is 16.0 Å². The van der Waals surface area contributed by atoms with E-state index in [0.29, 0.717) is 12.5 Å². The predicted octanol–water partition coefficient (Wildman–Crippen LogP) is 1.27. The average molecular weight is 307 g/mol. The van der Waals surface area contributed by atoms with Crippen molar-refractivity contribution in [2.45, 2.75) is 57.4 Å². The van der Waals surface area contributed by atoms with Crippen molar-refractivity contribution in [1.29, 1.82) is 0 Å². The van der Waals surface area contributed by atoms with E-state index in [4.69, 9.17) is 5.73 Å². The van der Waals surface area contributed by atoms with Crippen LogP contribution in [-0.4, -0.2) is 42.4 Å². The van der Waals surface area contributed by atoms with Crippen LogP contribution in [0.25, 0.3) is 0 Å². The topological polar surface area (TPSA) is 75.4 Å². The lowest BCUT2D eigenvalue weighted by atomic mass is 9.84. The number of amides is 2. The molecule has 3 N–H and O–H groups in total. The number of piperidine rings is 1. The Morgan fingerprint density at radius 1 is 1.05 bits per heavy atom. The number of rotatable bonds is 4. The first-order valence-corrected chi connectivity index (χ1v) is 8.95. The molecule has 3 rings (SSSR count). The van der Waals surface area contributed by atoms with Gasteiger partial charge in [0.05, 0.1) is 5.92 Å². The first-order chi connectivity index (χ1) is 10.6. The number of carbonyl (C=O) groups excluding carboxylic acids is 2. The van der Waals surface area contributed by atoms with Crippen molar-refractivity contribution in [3.63, 3.8) is 0 Å². The Balaban J connectivity index is 1.50. The lowest BCUT2D eigenvalue weighted by Crippen LogP contribution is -2.48. The van der Waals surface area contributed by atoms with Gasteiger partial charge in [0.2, 0.25) is 11.8 Å². The molecule has 2 saturated carbocycles. The molecule has 0 bridgehead atoms. The van der Waals surface area contributed by atoms with Crippen molar-refractivity contribution in [3.05, 3.63) is 0 Å². The average Bonchev–Trinajstić information content (AvgIpc) is 3.36. The van der Waals surface area contributed by atoms with Crippen LogP contribution in [0, 0.1) is 17.8 Å². The predicted molar refractivity (Wildman–Crippen MR) is 85.0 cm³/mol. The highest BCUT2D eigenvalue weighted by Gasteiger charge is 2.34. The molecular formula is C17H29N3O2. The highest BCUT2D eigenvalue weighted by atomic mass is 16.2. The normalized spacial score (nSPS) is 32.6. The van der Waals surface area contributed by atoms with Gasteiger partial charge in [0, 0.05) is 31.6 Å². The Morgan fingerprint density at radius 3 is 2.55 bits per heavy atom. The van der Waals surface area contributed by atoms with Gasteiger partial charge in [-0.1, -0.05) is 6.42 Å². The van der Waals surface area contributed by atoms with Crippen molar-refractivity contribution in [2.24, 2.45) is 23.5 Å². The van der Waals surface area contributed by atoms with E-state index in [0.717, 1.165) is 51.6 Å². The lowest BCUT2D eigenvalue weighted by Gasteiger charge is -2.36. The molecule has 0 aromatic rings. The fraction of sp³-hybridized carbons (Fsp3) is 0.882. The summed E-state index contributed by atoms with van der Waals surface area (Å²) in [6.07, 6.45) is 8.20. The van der Waals surface area contributed by atoms with Gasteiger partial charge in [0.25, 0.3) is 0 Å². The van der Waals surface area contributed by atoms with Gasteiger partial charge in [-0.3, -0.25) is 9.59 Å². The Kier molecular flexibility index (Phi) is 5.01. The third-order valence-electron chi connectivity index (χ3n) is 5.43. The summed E-state index contributed by atoms with van der Waals surface area (Å²) in [6, 6.07) is 0.171. The summed E-state index contributed by atoms with van der Waals surface area (Å²) >= 11 is 0. The molecule has 5 nitrogen and oxygen atoms in total. The van der Waals surface area contributed by atoms with E-state index in [9.17, 15) is 9.59 Å². The Hall–Kier alpha value is -1.10. The van der Waals surface area contributed by atoms with Crippen LogP contribution in [0.2, 0.25) is 0 Å². The monoisotopic (exact) mass is 307 g/mol. The van der Waals surface area contributed by atoms with E-state index in [-0.39, 0.29) is 29.7 Å². The largest absolute Gasteiger partial charge is 0.356 e. The van der Waals surface area contributed by atoms with E-state index < -0.39 is 0 Å². The molecule has 0 radical (unpaired) electrons. The van der Waals surface area contributed by atoms with E-state index in [1.165, 1.54) is 12.8 Å². The molecular weight excluding hydrogens is 278 g/mol. The second kappa shape index (κ2) is 6.99. The summed E-state index contributed by atoms with van der Waals surface area (Å²) < 4.78 is 0. The smallest absolute Gasteiger partial charge is 0.225 e. The molecule has 22 heavy (non-hydrogen) atoms. The number of hydrogen-bond acceptors (Lipinski definition) is 3. The third kappa shape index (κ3) is 4.00. The van der Waals surface area contributed by atoms with E-state index in [2.05, 4.69) is 5.32 Å². The van der Waals surface area contributed by atoms with Gasteiger partial charge in [0.15, 0.2) is 0 Å². The zero-order valence-corrected chi connectivity index (χ0v) is 13.4. The quantitative estimate of drug-likeness (QED) is 0.821. The summed E-state index contributed by atoms with van der Waals surface area (Å²) in [7, 11) is 0. The first kappa shape index (κ1) is 15.8. The molecule has 0 aromatic carbocycles. The van der Waals surface area contributed by atoms with Gasteiger partial charge >= 0.3 is 0 Å². The van der Waals surface area contributed by atoms with Gasteiger partial charge in [-0.05, 0) is 50.9 Å². The summed E-state index contributed by atoms with van der Waals surface area (Å²) in [5, 5.41) is 3.06. The Bertz CT molecular complexity index is 422. The summed E-state index contributed by atoms with van der Waals surface area (Å²) in [6.45, 7) is 2.22. The second-order valence-electron chi connectivity index (χ2n) is 7.44. The van der Waals surface area contributed by atoms with Crippen LogP contribution in [0.4, 0.5) is 0 Å². The van der Waals surface area contributed by atoms with Gasteiger partial charge in [0.1, 0.15) is 0 Å². The summed E-state index contributed by atoms with van der Waals surface area (Å²) in [4.78, 5) is 26.9. The van der Waals surface area contributed by atoms with Crippen molar-refractivity contribution < 1.29 is 9.59 Å². The number of nitrogens with one attached hydrogen (secondary N) is 1. The number of nitrogens with zero attached hydrogens (tertiary/aromatic N) is 1. The van der Waals surface area contributed by atoms with Crippen molar-refractivity contribution in [2.75, 3.05) is 19.6 Å². The van der Waals surface area contributed by atoms with E-state index in [1.54, 1.807) is 0 Å². The molecule has 3 fully saturated rings. The van der Waals surface area contributed by atoms with E-state index in [1.807, 2.05) is 4.90 Å². The standard InChI is InChI=1S/C17H29N3O2/c18-15-5-1-3-13(9-15)17(22)20-8-2-4-14(11-20)16(21)19-10-12-6-7-12/h12-15H,1-11,18H2,(H,19,21). The molecule has 3 atom stereocenters. The SMILES string of the molecule is NC1CCCC(C(=O)N2CCCC(C(=O)NCC3CC3)C2)C1. The molecule has 2 amide bonds. The maximum Gasteiger partial charge on any atom is 0.225 e. The summed E-state index contributed by atoms with van der Waals surface area (Å²) in [5.41, 5.74) is 6.01. The van der Waals surface area contributed by atoms with Crippen LogP contribution in [-0.2, 0) is 9.59 Å². The molecule has 2 aliphatic carbocycles. The third-order valence-corrected chi connectivity index (χ3v) is 5.43. The highest BCUT2D eigenvalue weighted by molar-refractivity contribution is 5.82. The van der Waals surface area contributed by atoms with Crippen molar-refractivity contribution in [3.8, 4) is 0 Å². The zero-order chi connectivity index (χ0) is 15.5. The highest BCUT2D eigenvalue weighted by Crippen LogP contribution is 2.29. The fourth-order valence-corrected chi connectivity index (χ4v) is 3.81. The van der Waals surface area contributed by atoms with Crippen LogP contribution in [0.1, 0.15) is 51.4 Å². The molecule has 124 valence electrons. The Labute approximate surface area is 133 Å². The van der Waals surface area contributed by atoms with Crippen LogP contribution in [0.15, 0.2) is 0 Å². The summed E-state index contributed by atoms with van der Waals surface area (Å²) in [5.74, 6) is 1.14. The van der Waals surface area contributed by atoms with Crippen LogP contribution < -0.4 is 11.1 Å². The van der Waals surface area contributed by atoms with E-state index >= 15 is 0 Å². The van der Waals surface area contributed by atoms with Crippen LogP contribution in [0.5, 0.6) is 0 Å². The minimum atomic E-state index is -0.0197. The second-order valence-corrected chi connectivity index (χ2v) is 7.44. The molecule has 3 aliphatic rings. The van der Waals surface area contributed by atoms with Crippen LogP contribution >= 0.6 is 0 Å². The van der Waals surface area contributed by atoms with Gasteiger partial charge in [-0.15, -0.1) is 0 Å². The minimum Gasteiger partial charge on any atom is -0.356 e. The zero-order valence-electron chi connectivity index (χ0n) is 13.4. The van der Waals surface area contributed by atoms with Crippen LogP contribution in [0.3, 0.4) is 0 Å². The van der Waals surface area contributed by atoms with Gasteiger partial charge in [-0.25, -0.2) is 0 Å². The lowest BCUT2D eigenvalue weighted by molar-refractivity contribution is -0.140. The molecule has 1 heterocycles.